The highest BCUT2D eigenvalue weighted by atomic mass is 79.9. The monoisotopic (exact) mass is 261 g/mol. The second kappa shape index (κ2) is 5.44. The van der Waals surface area contributed by atoms with E-state index >= 15 is 0 Å². The summed E-state index contributed by atoms with van der Waals surface area (Å²) in [5, 5.41) is 8.63. The maximum absolute atomic E-state index is 13.0. The Kier molecular flexibility index (Phi) is 4.51. The van der Waals surface area contributed by atoms with Crippen LogP contribution in [0.25, 0.3) is 0 Å². The molecule has 2 nitrogen and oxygen atoms in total. The van der Waals surface area contributed by atoms with E-state index in [2.05, 4.69) is 15.9 Å². The van der Waals surface area contributed by atoms with Gasteiger partial charge in [-0.3, -0.25) is 0 Å². The number of rotatable bonds is 4. The zero-order valence-corrected chi connectivity index (χ0v) is 9.30. The number of hydrogen-bond donors (Lipinski definition) is 2. The third kappa shape index (κ3) is 3.36. The number of nitrogens with two attached hydrogens (primary N) is 1. The fourth-order valence-electron chi connectivity index (χ4n) is 1.27. The Bertz CT molecular complexity index is 286. The van der Waals surface area contributed by atoms with E-state index in [1.54, 1.807) is 6.07 Å². The maximum atomic E-state index is 13.0. The molecule has 0 aromatic heterocycles. The van der Waals surface area contributed by atoms with Crippen LogP contribution in [-0.2, 0) is 0 Å². The lowest BCUT2D eigenvalue weighted by Gasteiger charge is -2.11. The lowest BCUT2D eigenvalue weighted by molar-refractivity contribution is 0.280. The van der Waals surface area contributed by atoms with E-state index in [4.69, 9.17) is 10.8 Å². The Morgan fingerprint density at radius 3 is 2.71 bits per heavy atom. The molecule has 1 atom stereocenters. The summed E-state index contributed by atoms with van der Waals surface area (Å²) >= 11 is 3.20. The normalized spacial score (nSPS) is 12.9. The Morgan fingerprint density at radius 2 is 2.14 bits per heavy atom. The lowest BCUT2D eigenvalue weighted by atomic mass is 10.0. The average molecular weight is 262 g/mol. The second-order valence-corrected chi connectivity index (χ2v) is 4.09. The molecule has 4 heteroatoms. The van der Waals surface area contributed by atoms with Gasteiger partial charge in [0.25, 0.3) is 0 Å². The van der Waals surface area contributed by atoms with E-state index in [1.807, 2.05) is 0 Å². The minimum Gasteiger partial charge on any atom is -0.396 e. The zero-order valence-electron chi connectivity index (χ0n) is 7.71. The molecular formula is C10H13BrFNO. The summed E-state index contributed by atoms with van der Waals surface area (Å²) in [6, 6.07) is 4.40. The summed E-state index contributed by atoms with van der Waals surface area (Å²) in [6.45, 7) is 0.115. The molecule has 1 aromatic carbocycles. The Balaban J connectivity index is 2.73. The summed E-state index contributed by atoms with van der Waals surface area (Å²) in [5.41, 5.74) is 6.58. The van der Waals surface area contributed by atoms with Gasteiger partial charge in [-0.2, -0.15) is 0 Å². The van der Waals surface area contributed by atoms with Crippen LogP contribution in [-0.4, -0.2) is 11.7 Å². The fourth-order valence-corrected chi connectivity index (χ4v) is 1.75. The van der Waals surface area contributed by atoms with Gasteiger partial charge >= 0.3 is 0 Å². The van der Waals surface area contributed by atoms with E-state index in [0.29, 0.717) is 17.3 Å². The van der Waals surface area contributed by atoms with Crippen LogP contribution in [0.1, 0.15) is 24.4 Å². The van der Waals surface area contributed by atoms with Gasteiger partial charge in [0.1, 0.15) is 5.82 Å². The van der Waals surface area contributed by atoms with Crippen LogP contribution >= 0.6 is 15.9 Å². The van der Waals surface area contributed by atoms with Crippen LogP contribution < -0.4 is 5.73 Å². The minimum atomic E-state index is -0.297. The maximum Gasteiger partial charge on any atom is 0.124 e. The van der Waals surface area contributed by atoms with Crippen LogP contribution in [0.2, 0.25) is 0 Å². The van der Waals surface area contributed by atoms with Gasteiger partial charge in [0.2, 0.25) is 0 Å². The van der Waals surface area contributed by atoms with Gasteiger partial charge in [-0.25, -0.2) is 4.39 Å². The number of hydrogen-bond acceptors (Lipinski definition) is 2. The van der Waals surface area contributed by atoms with Crippen LogP contribution in [0, 0.1) is 5.82 Å². The largest absolute Gasteiger partial charge is 0.396 e. The molecule has 0 heterocycles. The van der Waals surface area contributed by atoms with Crippen molar-refractivity contribution in [1.82, 2.24) is 0 Å². The first-order valence-electron chi connectivity index (χ1n) is 4.46. The molecule has 0 saturated carbocycles. The molecule has 0 radical (unpaired) electrons. The molecule has 0 spiro atoms. The van der Waals surface area contributed by atoms with E-state index in [0.717, 1.165) is 5.56 Å². The first-order chi connectivity index (χ1) is 6.63. The van der Waals surface area contributed by atoms with Crippen molar-refractivity contribution >= 4 is 15.9 Å². The number of aliphatic hydroxyl groups excluding tert-OH is 1. The minimum absolute atomic E-state index is 0.115. The summed E-state index contributed by atoms with van der Waals surface area (Å²) < 4.78 is 13.7. The molecule has 0 amide bonds. The van der Waals surface area contributed by atoms with Crippen LogP contribution in [0.5, 0.6) is 0 Å². The van der Waals surface area contributed by atoms with Crippen molar-refractivity contribution in [2.75, 3.05) is 6.61 Å². The Hall–Kier alpha value is -0.450. The molecule has 0 aliphatic carbocycles. The van der Waals surface area contributed by atoms with Crippen LogP contribution in [0.4, 0.5) is 4.39 Å². The molecule has 1 aromatic rings. The van der Waals surface area contributed by atoms with Gasteiger partial charge in [-0.1, -0.05) is 15.9 Å². The van der Waals surface area contributed by atoms with Gasteiger partial charge in [-0.15, -0.1) is 0 Å². The average Bonchev–Trinajstić information content (AvgIpc) is 2.12. The molecule has 0 fully saturated rings. The Morgan fingerprint density at radius 1 is 1.43 bits per heavy atom. The molecule has 0 unspecified atom stereocenters. The van der Waals surface area contributed by atoms with Crippen molar-refractivity contribution in [1.29, 1.82) is 0 Å². The van der Waals surface area contributed by atoms with Crippen molar-refractivity contribution in [3.63, 3.8) is 0 Å². The van der Waals surface area contributed by atoms with E-state index in [9.17, 15) is 4.39 Å². The topological polar surface area (TPSA) is 46.2 Å². The number of aliphatic hydroxyl groups is 1. The summed E-state index contributed by atoms with van der Waals surface area (Å²) in [5.74, 6) is -0.297. The first kappa shape index (κ1) is 11.6. The van der Waals surface area contributed by atoms with Crippen molar-refractivity contribution in [3.8, 4) is 0 Å². The highest BCUT2D eigenvalue weighted by Crippen LogP contribution is 2.21. The first-order valence-corrected chi connectivity index (χ1v) is 5.25. The highest BCUT2D eigenvalue weighted by Gasteiger charge is 2.07. The molecule has 0 aliphatic heterocycles. The second-order valence-electron chi connectivity index (χ2n) is 3.18. The standard InChI is InChI=1S/C10H13BrFNO/c11-8-4-7(5-9(12)6-8)10(13)2-1-3-14/h4-6,10,14H,1-3,13H2/t10-/m1/s1. The lowest BCUT2D eigenvalue weighted by Crippen LogP contribution is -2.11. The number of benzene rings is 1. The molecular weight excluding hydrogens is 249 g/mol. The molecule has 3 N–H and O–H groups in total. The van der Waals surface area contributed by atoms with Gasteiger partial charge in [0.15, 0.2) is 0 Å². The summed E-state index contributed by atoms with van der Waals surface area (Å²) in [7, 11) is 0. The molecule has 0 bridgehead atoms. The molecule has 78 valence electrons. The predicted molar refractivity (Wildman–Crippen MR) is 57.3 cm³/mol. The van der Waals surface area contributed by atoms with Crippen molar-refractivity contribution in [3.05, 3.63) is 34.1 Å². The summed E-state index contributed by atoms with van der Waals surface area (Å²) in [6.07, 6.45) is 1.29. The van der Waals surface area contributed by atoms with Crippen molar-refractivity contribution in [2.45, 2.75) is 18.9 Å². The molecule has 0 aliphatic rings. The van der Waals surface area contributed by atoms with Gasteiger partial charge in [-0.05, 0) is 36.6 Å². The van der Waals surface area contributed by atoms with Gasteiger partial charge in [0, 0.05) is 17.1 Å². The van der Waals surface area contributed by atoms with E-state index in [-0.39, 0.29) is 18.5 Å². The highest BCUT2D eigenvalue weighted by molar-refractivity contribution is 9.10. The molecule has 0 saturated heterocycles. The number of halogens is 2. The van der Waals surface area contributed by atoms with Gasteiger partial charge in [0.05, 0.1) is 0 Å². The molecule has 14 heavy (non-hydrogen) atoms. The van der Waals surface area contributed by atoms with E-state index < -0.39 is 0 Å². The van der Waals surface area contributed by atoms with Gasteiger partial charge < -0.3 is 10.8 Å². The van der Waals surface area contributed by atoms with Crippen LogP contribution in [0.15, 0.2) is 22.7 Å². The van der Waals surface area contributed by atoms with Crippen LogP contribution in [0.3, 0.4) is 0 Å². The fraction of sp³-hybridized carbons (Fsp3) is 0.400. The Labute approximate surface area is 91.1 Å². The zero-order chi connectivity index (χ0) is 10.6. The predicted octanol–water partition coefficient (Wildman–Crippen LogP) is 2.36. The van der Waals surface area contributed by atoms with Crippen molar-refractivity contribution < 1.29 is 9.50 Å². The van der Waals surface area contributed by atoms with Crippen molar-refractivity contribution in [2.24, 2.45) is 5.73 Å². The SMILES string of the molecule is N[C@H](CCCO)c1cc(F)cc(Br)c1. The quantitative estimate of drug-likeness (QED) is 0.874. The third-order valence-corrected chi connectivity index (χ3v) is 2.44. The van der Waals surface area contributed by atoms with E-state index in [1.165, 1.54) is 12.1 Å². The summed E-state index contributed by atoms with van der Waals surface area (Å²) in [4.78, 5) is 0. The smallest absolute Gasteiger partial charge is 0.124 e. The molecule has 1 rings (SSSR count). The third-order valence-electron chi connectivity index (χ3n) is 1.99.